The van der Waals surface area contributed by atoms with Gasteiger partial charge in [0.15, 0.2) is 5.78 Å². The fourth-order valence-corrected chi connectivity index (χ4v) is 3.77. The molecule has 0 radical (unpaired) electrons. The van der Waals surface area contributed by atoms with Crippen LogP contribution in [0.3, 0.4) is 0 Å². The Bertz CT molecular complexity index is 759. The monoisotopic (exact) mass is 357 g/mol. The number of carbonyl (C=O) groups is 4. The Hall–Kier alpha value is -2.70. The summed E-state index contributed by atoms with van der Waals surface area (Å²) in [5, 5.41) is 5.48. The molecule has 2 N–H and O–H groups in total. The first-order valence-electron chi connectivity index (χ1n) is 8.88. The number of anilines is 1. The zero-order chi connectivity index (χ0) is 18.9. The summed E-state index contributed by atoms with van der Waals surface area (Å²) in [6, 6.07) is 5.95. The normalized spacial score (nSPS) is 25.3. The summed E-state index contributed by atoms with van der Waals surface area (Å²) in [5.74, 6) is -0.768. The van der Waals surface area contributed by atoms with E-state index in [9.17, 15) is 19.2 Å². The minimum absolute atomic E-state index is 0.0555. The van der Waals surface area contributed by atoms with E-state index in [0.29, 0.717) is 17.7 Å². The maximum Gasteiger partial charge on any atom is 0.325 e. The lowest BCUT2D eigenvalue weighted by atomic mass is 9.73. The lowest BCUT2D eigenvalue weighted by Gasteiger charge is -2.36. The van der Waals surface area contributed by atoms with Gasteiger partial charge in [-0.15, -0.1) is 0 Å². The third kappa shape index (κ3) is 3.21. The van der Waals surface area contributed by atoms with E-state index < -0.39 is 17.5 Å². The fourth-order valence-electron chi connectivity index (χ4n) is 3.77. The van der Waals surface area contributed by atoms with Gasteiger partial charge in [0.2, 0.25) is 5.91 Å². The Morgan fingerprint density at radius 2 is 1.92 bits per heavy atom. The number of Topliss-reactive ketones (excluding diaryl/α,β-unsaturated/α-hetero) is 1. The minimum atomic E-state index is -0.862. The van der Waals surface area contributed by atoms with Gasteiger partial charge >= 0.3 is 6.03 Å². The van der Waals surface area contributed by atoms with Gasteiger partial charge < -0.3 is 10.6 Å². The zero-order valence-corrected chi connectivity index (χ0v) is 15.0. The van der Waals surface area contributed by atoms with Crippen molar-refractivity contribution in [3.8, 4) is 0 Å². The van der Waals surface area contributed by atoms with Gasteiger partial charge in [-0.1, -0.05) is 19.8 Å². The molecule has 1 aromatic carbocycles. The van der Waals surface area contributed by atoms with Crippen molar-refractivity contribution in [2.24, 2.45) is 5.92 Å². The van der Waals surface area contributed by atoms with E-state index in [4.69, 9.17) is 0 Å². The standard InChI is InChI=1S/C19H23N3O4/c1-12-5-3-4-10-19(12)17(25)22(18(26)21-19)11-16(24)20-15-8-6-14(7-9-15)13(2)23/h6-9,12H,3-5,10-11H2,1-2H3,(H,20,24)(H,21,26)/t12-,19+/m0/s1. The second-order valence-corrected chi connectivity index (χ2v) is 7.12. The molecule has 26 heavy (non-hydrogen) atoms. The van der Waals surface area contributed by atoms with Crippen LogP contribution < -0.4 is 10.6 Å². The minimum Gasteiger partial charge on any atom is -0.325 e. The molecule has 7 heteroatoms. The van der Waals surface area contributed by atoms with Crippen LogP contribution in [0.25, 0.3) is 0 Å². The van der Waals surface area contributed by atoms with E-state index in [1.54, 1.807) is 24.3 Å². The van der Waals surface area contributed by atoms with Gasteiger partial charge in [0.05, 0.1) is 0 Å². The molecule has 0 aromatic heterocycles. The average molecular weight is 357 g/mol. The molecule has 2 aliphatic rings. The molecule has 138 valence electrons. The number of hydrogen-bond acceptors (Lipinski definition) is 4. The summed E-state index contributed by atoms with van der Waals surface area (Å²) in [6.45, 7) is 3.11. The van der Waals surface area contributed by atoms with Crippen LogP contribution in [-0.2, 0) is 9.59 Å². The van der Waals surface area contributed by atoms with Crippen molar-refractivity contribution in [3.05, 3.63) is 29.8 Å². The Kier molecular flexibility index (Phi) is 4.80. The lowest BCUT2D eigenvalue weighted by molar-refractivity contribution is -0.136. The molecular formula is C19H23N3O4. The molecule has 2 fully saturated rings. The largest absolute Gasteiger partial charge is 0.325 e. The van der Waals surface area contributed by atoms with Crippen LogP contribution in [0.2, 0.25) is 0 Å². The molecule has 3 rings (SSSR count). The van der Waals surface area contributed by atoms with Crippen LogP contribution in [0.4, 0.5) is 10.5 Å². The predicted molar refractivity (Wildman–Crippen MR) is 95.7 cm³/mol. The van der Waals surface area contributed by atoms with E-state index in [-0.39, 0.29) is 24.2 Å². The molecule has 0 unspecified atom stereocenters. The highest BCUT2D eigenvalue weighted by Crippen LogP contribution is 2.38. The Morgan fingerprint density at radius 1 is 1.23 bits per heavy atom. The third-order valence-electron chi connectivity index (χ3n) is 5.38. The zero-order valence-electron chi connectivity index (χ0n) is 15.0. The maximum absolute atomic E-state index is 12.8. The van der Waals surface area contributed by atoms with Crippen molar-refractivity contribution in [2.75, 3.05) is 11.9 Å². The van der Waals surface area contributed by atoms with Crippen LogP contribution in [0.1, 0.15) is 49.9 Å². The number of urea groups is 1. The molecule has 1 saturated heterocycles. The van der Waals surface area contributed by atoms with E-state index in [2.05, 4.69) is 10.6 Å². The number of nitrogens with one attached hydrogen (secondary N) is 2. The summed E-state index contributed by atoms with van der Waals surface area (Å²) >= 11 is 0. The van der Waals surface area contributed by atoms with Gasteiger partial charge in [-0.25, -0.2) is 4.79 Å². The molecular weight excluding hydrogens is 334 g/mol. The molecule has 4 amide bonds. The molecule has 1 saturated carbocycles. The third-order valence-corrected chi connectivity index (χ3v) is 5.38. The number of rotatable bonds is 4. The van der Waals surface area contributed by atoms with Crippen LogP contribution in [0.15, 0.2) is 24.3 Å². The van der Waals surface area contributed by atoms with Gasteiger partial charge in [0.1, 0.15) is 12.1 Å². The van der Waals surface area contributed by atoms with Gasteiger partial charge in [-0.3, -0.25) is 19.3 Å². The predicted octanol–water partition coefficient (Wildman–Crippen LogP) is 2.33. The van der Waals surface area contributed by atoms with E-state index in [1.807, 2.05) is 6.92 Å². The highest BCUT2D eigenvalue weighted by Gasteiger charge is 2.55. The van der Waals surface area contributed by atoms with Crippen molar-refractivity contribution >= 4 is 29.3 Å². The maximum atomic E-state index is 12.8. The van der Waals surface area contributed by atoms with E-state index in [0.717, 1.165) is 24.2 Å². The van der Waals surface area contributed by atoms with Crippen molar-refractivity contribution in [1.82, 2.24) is 10.2 Å². The second-order valence-electron chi connectivity index (χ2n) is 7.12. The number of hydrogen-bond donors (Lipinski definition) is 2. The topological polar surface area (TPSA) is 95.6 Å². The molecule has 1 aliphatic heterocycles. The first-order chi connectivity index (χ1) is 12.3. The SMILES string of the molecule is CC(=O)c1ccc(NC(=O)CN2C(=O)N[C@@]3(CCCC[C@@H]3C)C2=O)cc1. The highest BCUT2D eigenvalue weighted by molar-refractivity contribution is 6.10. The first kappa shape index (κ1) is 18.1. The number of nitrogens with zero attached hydrogens (tertiary/aromatic N) is 1. The second kappa shape index (κ2) is 6.90. The summed E-state index contributed by atoms with van der Waals surface area (Å²) < 4.78 is 0. The van der Waals surface area contributed by atoms with Crippen LogP contribution in [0.5, 0.6) is 0 Å². The van der Waals surface area contributed by atoms with Crippen molar-refractivity contribution in [3.63, 3.8) is 0 Å². The van der Waals surface area contributed by atoms with Crippen molar-refractivity contribution < 1.29 is 19.2 Å². The lowest BCUT2D eigenvalue weighted by Crippen LogP contribution is -2.54. The van der Waals surface area contributed by atoms with Crippen molar-refractivity contribution in [1.29, 1.82) is 0 Å². The average Bonchev–Trinajstić information content (AvgIpc) is 2.83. The first-order valence-corrected chi connectivity index (χ1v) is 8.88. The summed E-state index contributed by atoms with van der Waals surface area (Å²) in [6.07, 6.45) is 3.43. The van der Waals surface area contributed by atoms with Crippen LogP contribution in [0, 0.1) is 5.92 Å². The number of carbonyl (C=O) groups excluding carboxylic acids is 4. The van der Waals surface area contributed by atoms with Gasteiger partial charge in [-0.05, 0) is 49.9 Å². The molecule has 1 spiro atoms. The summed E-state index contributed by atoms with van der Waals surface area (Å²) in [7, 11) is 0. The summed E-state index contributed by atoms with van der Waals surface area (Å²) in [5.41, 5.74) is 0.191. The van der Waals surface area contributed by atoms with Crippen molar-refractivity contribution in [2.45, 2.75) is 45.1 Å². The number of ketones is 1. The van der Waals surface area contributed by atoms with Gasteiger partial charge in [0.25, 0.3) is 5.91 Å². The highest BCUT2D eigenvalue weighted by atomic mass is 16.2. The Morgan fingerprint density at radius 3 is 2.54 bits per heavy atom. The van der Waals surface area contributed by atoms with E-state index >= 15 is 0 Å². The van der Waals surface area contributed by atoms with Gasteiger partial charge in [0, 0.05) is 11.3 Å². The molecule has 7 nitrogen and oxygen atoms in total. The summed E-state index contributed by atoms with van der Waals surface area (Å²) in [4.78, 5) is 49.7. The molecule has 1 aliphatic carbocycles. The van der Waals surface area contributed by atoms with Crippen LogP contribution >= 0.6 is 0 Å². The van der Waals surface area contributed by atoms with Gasteiger partial charge in [-0.2, -0.15) is 0 Å². The quantitative estimate of drug-likeness (QED) is 0.638. The number of benzene rings is 1. The number of amides is 4. The molecule has 0 bridgehead atoms. The smallest absolute Gasteiger partial charge is 0.325 e. The van der Waals surface area contributed by atoms with E-state index in [1.165, 1.54) is 6.92 Å². The van der Waals surface area contributed by atoms with Crippen LogP contribution in [-0.4, -0.2) is 40.6 Å². The molecule has 1 aromatic rings. The Labute approximate surface area is 152 Å². The molecule has 1 heterocycles. The fraction of sp³-hybridized carbons (Fsp3) is 0.474. The molecule has 2 atom stereocenters. The number of imide groups is 1. The Balaban J connectivity index is 1.66.